The first kappa shape index (κ1) is 14.4. The van der Waals surface area contributed by atoms with E-state index in [4.69, 9.17) is 9.84 Å². The van der Waals surface area contributed by atoms with Gasteiger partial charge in [0.25, 0.3) is 0 Å². The largest absolute Gasteiger partial charge is 0.394 e. The zero-order chi connectivity index (χ0) is 12.5. The van der Waals surface area contributed by atoms with E-state index in [-0.39, 0.29) is 6.61 Å². The van der Waals surface area contributed by atoms with E-state index in [9.17, 15) is 0 Å². The fraction of sp³-hybridized carbons (Fsp3) is 0.538. The Balaban J connectivity index is 2.39. The third kappa shape index (κ3) is 5.00. The fourth-order valence-electron chi connectivity index (χ4n) is 1.66. The minimum Gasteiger partial charge on any atom is -0.394 e. The first-order valence-corrected chi connectivity index (χ1v) is 6.74. The highest BCUT2D eigenvalue weighted by Gasteiger charge is 2.12. The van der Waals surface area contributed by atoms with Crippen molar-refractivity contribution in [3.8, 4) is 0 Å². The molecule has 3 nitrogen and oxygen atoms in total. The van der Waals surface area contributed by atoms with E-state index in [1.807, 2.05) is 6.08 Å². The molecule has 0 amide bonds. The standard InChI is InChI=1S/C13H21NO2S/c1-3-4-12(13-11(2)5-10-17-13)14-6-8-16-9-7-15/h3,5,10,12,14-15H,1,4,6-9H2,2H3. The van der Waals surface area contributed by atoms with Crippen molar-refractivity contribution in [2.75, 3.05) is 26.4 Å². The van der Waals surface area contributed by atoms with Gasteiger partial charge in [-0.2, -0.15) is 0 Å². The Morgan fingerprint density at radius 3 is 3.00 bits per heavy atom. The van der Waals surface area contributed by atoms with Gasteiger partial charge in [0.1, 0.15) is 0 Å². The van der Waals surface area contributed by atoms with Gasteiger partial charge in [-0.15, -0.1) is 17.9 Å². The molecule has 0 saturated heterocycles. The highest BCUT2D eigenvalue weighted by atomic mass is 32.1. The Morgan fingerprint density at radius 2 is 2.41 bits per heavy atom. The molecule has 4 heteroatoms. The Morgan fingerprint density at radius 1 is 1.59 bits per heavy atom. The lowest BCUT2D eigenvalue weighted by Crippen LogP contribution is -2.25. The second-order valence-corrected chi connectivity index (χ2v) is 4.78. The first-order chi connectivity index (χ1) is 8.29. The van der Waals surface area contributed by atoms with Crippen LogP contribution in [0.2, 0.25) is 0 Å². The van der Waals surface area contributed by atoms with Gasteiger partial charge in [-0.05, 0) is 30.4 Å². The number of rotatable bonds is 9. The molecule has 0 spiro atoms. The molecular weight excluding hydrogens is 234 g/mol. The number of thiophene rings is 1. The van der Waals surface area contributed by atoms with E-state index >= 15 is 0 Å². The summed E-state index contributed by atoms with van der Waals surface area (Å²) < 4.78 is 5.22. The van der Waals surface area contributed by atoms with Gasteiger partial charge in [0, 0.05) is 17.5 Å². The molecule has 1 atom stereocenters. The van der Waals surface area contributed by atoms with Gasteiger partial charge in [0.15, 0.2) is 0 Å². The number of aryl methyl sites for hydroxylation is 1. The lowest BCUT2D eigenvalue weighted by Gasteiger charge is -2.17. The Bertz CT molecular complexity index is 325. The van der Waals surface area contributed by atoms with Crippen LogP contribution in [0.15, 0.2) is 24.1 Å². The number of hydrogen-bond acceptors (Lipinski definition) is 4. The molecule has 1 aromatic heterocycles. The molecular formula is C13H21NO2S. The molecule has 0 aliphatic rings. The zero-order valence-electron chi connectivity index (χ0n) is 10.3. The van der Waals surface area contributed by atoms with Crippen LogP contribution in [0, 0.1) is 6.92 Å². The molecule has 1 aromatic rings. The molecule has 2 N–H and O–H groups in total. The summed E-state index contributed by atoms with van der Waals surface area (Å²) in [6.07, 6.45) is 2.85. The van der Waals surface area contributed by atoms with Crippen molar-refractivity contribution in [3.63, 3.8) is 0 Å². The molecule has 17 heavy (non-hydrogen) atoms. The van der Waals surface area contributed by atoms with Crippen LogP contribution in [-0.2, 0) is 4.74 Å². The molecule has 0 aliphatic heterocycles. The van der Waals surface area contributed by atoms with Crippen LogP contribution in [0.3, 0.4) is 0 Å². The van der Waals surface area contributed by atoms with Gasteiger partial charge < -0.3 is 15.2 Å². The smallest absolute Gasteiger partial charge is 0.0698 e. The number of aliphatic hydroxyl groups excluding tert-OH is 1. The third-order valence-corrected chi connectivity index (χ3v) is 3.63. The Hall–Kier alpha value is -0.680. The van der Waals surface area contributed by atoms with Crippen molar-refractivity contribution in [2.24, 2.45) is 0 Å². The maximum Gasteiger partial charge on any atom is 0.0698 e. The van der Waals surface area contributed by atoms with Crippen molar-refractivity contribution in [3.05, 3.63) is 34.5 Å². The van der Waals surface area contributed by atoms with Gasteiger partial charge in [0.2, 0.25) is 0 Å². The second kappa shape index (κ2) is 8.42. The zero-order valence-corrected chi connectivity index (χ0v) is 11.1. The molecule has 1 heterocycles. The summed E-state index contributed by atoms with van der Waals surface area (Å²) in [5.74, 6) is 0. The average Bonchev–Trinajstić information content (AvgIpc) is 2.74. The lowest BCUT2D eigenvalue weighted by atomic mass is 10.1. The summed E-state index contributed by atoms with van der Waals surface area (Å²) in [4.78, 5) is 1.37. The second-order valence-electron chi connectivity index (χ2n) is 3.83. The van der Waals surface area contributed by atoms with Crippen LogP contribution in [0.1, 0.15) is 22.9 Å². The molecule has 0 saturated carbocycles. The van der Waals surface area contributed by atoms with Gasteiger partial charge in [0.05, 0.1) is 19.8 Å². The van der Waals surface area contributed by atoms with Gasteiger partial charge in [-0.25, -0.2) is 0 Å². The van der Waals surface area contributed by atoms with E-state index in [1.165, 1.54) is 10.4 Å². The van der Waals surface area contributed by atoms with Crippen molar-refractivity contribution < 1.29 is 9.84 Å². The highest BCUT2D eigenvalue weighted by molar-refractivity contribution is 7.10. The lowest BCUT2D eigenvalue weighted by molar-refractivity contribution is 0.0926. The molecule has 96 valence electrons. The van der Waals surface area contributed by atoms with Crippen LogP contribution in [0.5, 0.6) is 0 Å². The fourth-order valence-corrected chi connectivity index (χ4v) is 2.68. The maximum atomic E-state index is 8.59. The van der Waals surface area contributed by atoms with Crippen LogP contribution in [-0.4, -0.2) is 31.5 Å². The molecule has 0 fully saturated rings. The van der Waals surface area contributed by atoms with Crippen LogP contribution in [0.25, 0.3) is 0 Å². The molecule has 0 aliphatic carbocycles. The topological polar surface area (TPSA) is 41.5 Å². The number of aliphatic hydroxyl groups is 1. The van der Waals surface area contributed by atoms with E-state index in [0.29, 0.717) is 19.3 Å². The number of ether oxygens (including phenoxy) is 1. The van der Waals surface area contributed by atoms with Crippen LogP contribution >= 0.6 is 11.3 Å². The number of nitrogens with one attached hydrogen (secondary N) is 1. The Kier molecular flexibility index (Phi) is 7.12. The minimum atomic E-state index is 0.0835. The van der Waals surface area contributed by atoms with Gasteiger partial charge in [-0.3, -0.25) is 0 Å². The predicted octanol–water partition coefficient (Wildman–Crippen LogP) is 2.27. The summed E-state index contributed by atoms with van der Waals surface area (Å²) in [5.41, 5.74) is 1.32. The quantitative estimate of drug-likeness (QED) is 0.525. The van der Waals surface area contributed by atoms with Crippen molar-refractivity contribution in [1.29, 1.82) is 0 Å². The summed E-state index contributed by atoms with van der Waals surface area (Å²) in [6.45, 7) is 7.83. The third-order valence-electron chi connectivity index (χ3n) is 2.49. The SMILES string of the molecule is C=CCC(NCCOCCO)c1sccc1C. The maximum absolute atomic E-state index is 8.59. The van der Waals surface area contributed by atoms with E-state index in [2.05, 4.69) is 30.3 Å². The summed E-state index contributed by atoms with van der Waals surface area (Å²) >= 11 is 1.77. The van der Waals surface area contributed by atoms with Crippen LogP contribution in [0.4, 0.5) is 0 Å². The van der Waals surface area contributed by atoms with E-state index in [1.54, 1.807) is 11.3 Å². The van der Waals surface area contributed by atoms with Crippen molar-refractivity contribution in [2.45, 2.75) is 19.4 Å². The van der Waals surface area contributed by atoms with E-state index in [0.717, 1.165) is 13.0 Å². The molecule has 1 rings (SSSR count). The minimum absolute atomic E-state index is 0.0835. The first-order valence-electron chi connectivity index (χ1n) is 5.86. The van der Waals surface area contributed by atoms with E-state index < -0.39 is 0 Å². The summed E-state index contributed by atoms with van der Waals surface area (Å²) in [6, 6.07) is 2.46. The van der Waals surface area contributed by atoms with Crippen molar-refractivity contribution in [1.82, 2.24) is 5.32 Å². The number of hydrogen-bond donors (Lipinski definition) is 2. The van der Waals surface area contributed by atoms with Gasteiger partial charge >= 0.3 is 0 Å². The monoisotopic (exact) mass is 255 g/mol. The average molecular weight is 255 g/mol. The van der Waals surface area contributed by atoms with Gasteiger partial charge in [-0.1, -0.05) is 6.08 Å². The Labute approximate surface area is 107 Å². The molecule has 0 radical (unpaired) electrons. The highest BCUT2D eigenvalue weighted by Crippen LogP contribution is 2.26. The normalized spacial score (nSPS) is 12.6. The molecule has 1 unspecified atom stereocenters. The van der Waals surface area contributed by atoms with Crippen molar-refractivity contribution >= 4 is 11.3 Å². The summed E-state index contributed by atoms with van der Waals surface area (Å²) in [5, 5.41) is 14.2. The predicted molar refractivity (Wildman–Crippen MR) is 72.5 cm³/mol. The molecule has 0 bridgehead atoms. The molecule has 0 aromatic carbocycles. The summed E-state index contributed by atoms with van der Waals surface area (Å²) in [7, 11) is 0. The van der Waals surface area contributed by atoms with Crippen LogP contribution < -0.4 is 5.32 Å².